The number of rotatable bonds is 4. The number of alkyl halides is 3. The maximum atomic E-state index is 13.2. The first-order valence-electron chi connectivity index (χ1n) is 7.21. The third kappa shape index (κ3) is 5.37. The van der Waals surface area contributed by atoms with Crippen molar-refractivity contribution >= 4 is 18.3 Å². The predicted molar refractivity (Wildman–Crippen MR) is 85.0 cm³/mol. The van der Waals surface area contributed by atoms with Gasteiger partial charge in [0.05, 0.1) is 11.6 Å². The van der Waals surface area contributed by atoms with Gasteiger partial charge in [-0.25, -0.2) is 0 Å². The molecule has 1 aromatic carbocycles. The highest BCUT2D eigenvalue weighted by atomic mass is 35.5. The van der Waals surface area contributed by atoms with Crippen LogP contribution in [0.15, 0.2) is 24.3 Å². The van der Waals surface area contributed by atoms with Crippen LogP contribution in [0, 0.1) is 11.3 Å². The largest absolute Gasteiger partial charge is 0.405 e. The minimum Gasteiger partial charge on any atom is -0.350 e. The monoisotopic (exact) mass is 362 g/mol. The van der Waals surface area contributed by atoms with E-state index in [1.165, 1.54) is 29.2 Å². The van der Waals surface area contributed by atoms with Crippen LogP contribution in [-0.4, -0.2) is 55.7 Å². The average molecular weight is 363 g/mol. The number of piperazine rings is 1. The van der Waals surface area contributed by atoms with Crippen molar-refractivity contribution in [2.24, 2.45) is 0 Å². The van der Waals surface area contributed by atoms with Crippen LogP contribution in [0.5, 0.6) is 0 Å². The maximum absolute atomic E-state index is 13.2. The molecule has 5 nitrogen and oxygen atoms in total. The van der Waals surface area contributed by atoms with Crippen molar-refractivity contribution in [1.82, 2.24) is 15.5 Å². The molecule has 1 aliphatic heterocycles. The number of hydrogen-bond acceptors (Lipinski definition) is 4. The fourth-order valence-electron chi connectivity index (χ4n) is 2.43. The fraction of sp³-hybridized carbons (Fsp3) is 0.467. The summed E-state index contributed by atoms with van der Waals surface area (Å²) in [5.41, 5.74) is 0.612. The lowest BCUT2D eigenvalue weighted by Crippen LogP contribution is -2.57. The first-order valence-corrected chi connectivity index (χ1v) is 7.21. The van der Waals surface area contributed by atoms with E-state index in [-0.39, 0.29) is 31.1 Å². The number of nitrogens with one attached hydrogen (secondary N) is 2. The van der Waals surface area contributed by atoms with Crippen LogP contribution in [0.3, 0.4) is 0 Å². The van der Waals surface area contributed by atoms with Crippen molar-refractivity contribution in [1.29, 1.82) is 5.26 Å². The number of carbonyl (C=O) groups excluding carboxylic acids is 1. The Balaban J connectivity index is 0.00000288. The van der Waals surface area contributed by atoms with E-state index in [4.69, 9.17) is 5.26 Å². The molecule has 1 amide bonds. The topological polar surface area (TPSA) is 68.2 Å². The molecule has 1 heterocycles. The minimum absolute atomic E-state index is 0. The summed E-state index contributed by atoms with van der Waals surface area (Å²) < 4.78 is 39.6. The summed E-state index contributed by atoms with van der Waals surface area (Å²) in [5.74, 6) is -0.584. The van der Waals surface area contributed by atoms with Gasteiger partial charge in [-0.2, -0.15) is 18.4 Å². The minimum atomic E-state index is -4.41. The zero-order valence-electron chi connectivity index (χ0n) is 12.8. The Morgan fingerprint density at radius 2 is 1.88 bits per heavy atom. The van der Waals surface area contributed by atoms with Crippen LogP contribution in [0.2, 0.25) is 0 Å². The zero-order chi connectivity index (χ0) is 16.9. The van der Waals surface area contributed by atoms with Gasteiger partial charge in [-0.3, -0.25) is 9.69 Å². The normalized spacial score (nSPS) is 16.6. The second-order valence-corrected chi connectivity index (χ2v) is 5.24. The average Bonchev–Trinajstić information content (AvgIpc) is 2.54. The number of halogens is 4. The Morgan fingerprint density at radius 1 is 1.29 bits per heavy atom. The van der Waals surface area contributed by atoms with Crippen molar-refractivity contribution < 1.29 is 18.0 Å². The standard InChI is InChI=1S/C15H17F3N4O.ClH/c16-15(17,18)13(22-7-5-20-6-8-22)10-21-14(23)12-3-1-11(9-19)2-4-12;/h1-4,13,20H,5-8,10H2,(H,21,23);1H. The second-order valence-electron chi connectivity index (χ2n) is 5.24. The van der Waals surface area contributed by atoms with Crippen LogP contribution in [0.25, 0.3) is 0 Å². The van der Waals surface area contributed by atoms with Crippen LogP contribution in [0.1, 0.15) is 15.9 Å². The lowest BCUT2D eigenvalue weighted by Gasteiger charge is -2.35. The van der Waals surface area contributed by atoms with Gasteiger partial charge in [0.2, 0.25) is 0 Å². The molecule has 0 radical (unpaired) electrons. The van der Waals surface area contributed by atoms with E-state index >= 15 is 0 Å². The Hall–Kier alpha value is -1.82. The highest BCUT2D eigenvalue weighted by molar-refractivity contribution is 5.94. The zero-order valence-corrected chi connectivity index (χ0v) is 13.6. The molecule has 1 fully saturated rings. The molecular weight excluding hydrogens is 345 g/mol. The van der Waals surface area contributed by atoms with Gasteiger partial charge in [0.1, 0.15) is 6.04 Å². The van der Waals surface area contributed by atoms with Crippen molar-refractivity contribution in [2.75, 3.05) is 32.7 Å². The van der Waals surface area contributed by atoms with Crippen LogP contribution >= 0.6 is 12.4 Å². The van der Waals surface area contributed by atoms with Crippen molar-refractivity contribution in [3.05, 3.63) is 35.4 Å². The summed E-state index contributed by atoms with van der Waals surface area (Å²) >= 11 is 0. The molecule has 1 aliphatic rings. The van der Waals surface area contributed by atoms with Gasteiger partial charge in [0, 0.05) is 38.3 Å². The molecule has 0 bridgehead atoms. The molecule has 2 N–H and O–H groups in total. The van der Waals surface area contributed by atoms with Crippen LogP contribution in [0.4, 0.5) is 13.2 Å². The molecule has 0 aromatic heterocycles. The first kappa shape index (κ1) is 20.2. The molecule has 2 rings (SSSR count). The molecule has 1 aromatic rings. The van der Waals surface area contributed by atoms with Gasteiger partial charge in [-0.15, -0.1) is 12.4 Å². The summed E-state index contributed by atoms with van der Waals surface area (Å²) in [6.45, 7) is 1.07. The van der Waals surface area contributed by atoms with Gasteiger partial charge in [0.15, 0.2) is 0 Å². The molecule has 24 heavy (non-hydrogen) atoms. The number of benzene rings is 1. The number of hydrogen-bond donors (Lipinski definition) is 2. The molecule has 0 spiro atoms. The molecule has 1 saturated heterocycles. The number of carbonyl (C=O) groups is 1. The second kappa shape index (κ2) is 8.87. The van der Waals surface area contributed by atoms with Gasteiger partial charge in [0.25, 0.3) is 5.91 Å². The van der Waals surface area contributed by atoms with Crippen LogP contribution in [-0.2, 0) is 0 Å². The number of amides is 1. The Labute approximate surface area is 144 Å². The lowest BCUT2D eigenvalue weighted by molar-refractivity contribution is -0.183. The van der Waals surface area contributed by atoms with E-state index in [9.17, 15) is 18.0 Å². The van der Waals surface area contributed by atoms with E-state index in [1.54, 1.807) is 0 Å². The highest BCUT2D eigenvalue weighted by Crippen LogP contribution is 2.24. The Morgan fingerprint density at radius 3 is 2.38 bits per heavy atom. The van der Waals surface area contributed by atoms with E-state index in [0.29, 0.717) is 18.7 Å². The summed E-state index contributed by atoms with van der Waals surface area (Å²) in [6, 6.07) is 5.95. The Bertz CT molecular complexity index is 580. The van der Waals surface area contributed by atoms with Crippen molar-refractivity contribution in [3.63, 3.8) is 0 Å². The molecule has 1 atom stereocenters. The highest BCUT2D eigenvalue weighted by Gasteiger charge is 2.43. The molecule has 0 aliphatic carbocycles. The smallest absolute Gasteiger partial charge is 0.350 e. The molecular formula is C15H18ClF3N4O. The van der Waals surface area contributed by atoms with E-state index in [1.807, 2.05) is 6.07 Å². The maximum Gasteiger partial charge on any atom is 0.405 e. The summed E-state index contributed by atoms with van der Waals surface area (Å²) in [5, 5.41) is 14.0. The van der Waals surface area contributed by atoms with E-state index < -0.39 is 24.7 Å². The van der Waals surface area contributed by atoms with E-state index in [2.05, 4.69) is 10.6 Å². The molecule has 9 heteroatoms. The Kier molecular flexibility index (Phi) is 7.48. The van der Waals surface area contributed by atoms with Gasteiger partial charge in [-0.1, -0.05) is 0 Å². The van der Waals surface area contributed by atoms with Crippen LogP contribution < -0.4 is 10.6 Å². The molecule has 0 saturated carbocycles. The third-order valence-electron chi connectivity index (χ3n) is 3.70. The van der Waals surface area contributed by atoms with Gasteiger partial charge < -0.3 is 10.6 Å². The summed E-state index contributed by atoms with van der Waals surface area (Å²) in [7, 11) is 0. The van der Waals surface area contributed by atoms with Crippen molar-refractivity contribution in [2.45, 2.75) is 12.2 Å². The van der Waals surface area contributed by atoms with E-state index in [0.717, 1.165) is 0 Å². The quantitative estimate of drug-likeness (QED) is 0.852. The third-order valence-corrected chi connectivity index (χ3v) is 3.70. The predicted octanol–water partition coefficient (Wildman–Crippen LogP) is 1.55. The van der Waals surface area contributed by atoms with Crippen molar-refractivity contribution in [3.8, 4) is 6.07 Å². The number of nitriles is 1. The molecule has 1 unspecified atom stereocenters. The summed E-state index contributed by atoms with van der Waals surface area (Å²) in [6.07, 6.45) is -4.41. The fourth-order valence-corrected chi connectivity index (χ4v) is 2.43. The number of nitrogens with zero attached hydrogens (tertiary/aromatic N) is 2. The van der Waals surface area contributed by atoms with Gasteiger partial charge >= 0.3 is 6.18 Å². The first-order chi connectivity index (χ1) is 10.9. The summed E-state index contributed by atoms with van der Waals surface area (Å²) in [4.78, 5) is 13.3. The molecule has 132 valence electrons. The SMILES string of the molecule is Cl.N#Cc1ccc(C(=O)NCC(N2CCNCC2)C(F)(F)F)cc1. The van der Waals surface area contributed by atoms with Gasteiger partial charge in [-0.05, 0) is 24.3 Å². The lowest BCUT2D eigenvalue weighted by atomic mass is 10.1.